The van der Waals surface area contributed by atoms with Crippen LogP contribution >= 0.6 is 10.0 Å². The number of aliphatic hydroxyl groups is 3. The van der Waals surface area contributed by atoms with Crippen molar-refractivity contribution in [1.82, 2.24) is 5.32 Å². The summed E-state index contributed by atoms with van der Waals surface area (Å²) in [5, 5.41) is 31.5. The number of rotatable bonds is 4. The van der Waals surface area contributed by atoms with Crippen LogP contribution in [-0.4, -0.2) is 71.1 Å². The zero-order valence-electron chi connectivity index (χ0n) is 10.6. The molecule has 5 unspecified atom stereocenters. The first-order valence-electron chi connectivity index (χ1n) is 5.60. The molecule has 1 saturated heterocycles. The second-order valence-electron chi connectivity index (χ2n) is 4.35. The Labute approximate surface area is 114 Å². The van der Waals surface area contributed by atoms with E-state index in [2.05, 4.69) is 16.7 Å². The molecule has 6 nitrogen and oxygen atoms in total. The zero-order chi connectivity index (χ0) is 13.9. The minimum atomic E-state index is -1.20. The van der Waals surface area contributed by atoms with Crippen molar-refractivity contribution in [2.24, 2.45) is 0 Å². The monoisotopic (exact) mass is 341 g/mol. The van der Waals surface area contributed by atoms with Crippen LogP contribution in [0.25, 0.3) is 0 Å². The van der Waals surface area contributed by atoms with E-state index >= 15 is 0 Å². The number of carbonyl (C=O) groups is 1. The van der Waals surface area contributed by atoms with Gasteiger partial charge in [-0.05, 0) is 0 Å². The molecule has 1 aliphatic heterocycles. The standard InChI is InChI=1S/C10H20AsNO5S/c1-5(14)12-7-9(16)8(15)6(4-13)17-10(7)18-11(2)3/h6-10,13,15-16H,4H2,1-3H3,(H,12,14). The SMILES string of the molecule is CC(=O)NC1C(S[As](C)C)OC(CO)C(O)C1O. The molecule has 18 heavy (non-hydrogen) atoms. The molecule has 4 N–H and O–H groups in total. The van der Waals surface area contributed by atoms with Crippen LogP contribution in [-0.2, 0) is 9.53 Å². The molecule has 106 valence electrons. The van der Waals surface area contributed by atoms with E-state index in [1.54, 1.807) is 10.0 Å². The van der Waals surface area contributed by atoms with Gasteiger partial charge in [-0.1, -0.05) is 0 Å². The van der Waals surface area contributed by atoms with Crippen molar-refractivity contribution in [1.29, 1.82) is 0 Å². The summed E-state index contributed by atoms with van der Waals surface area (Å²) >= 11 is -1.11. The van der Waals surface area contributed by atoms with Crippen molar-refractivity contribution in [3.05, 3.63) is 0 Å². The second kappa shape index (κ2) is 7.12. The number of hydrogen-bond acceptors (Lipinski definition) is 6. The number of aliphatic hydroxyl groups excluding tert-OH is 3. The molecule has 1 aliphatic rings. The summed E-state index contributed by atoms with van der Waals surface area (Å²) in [6, 6.07) is -0.651. The van der Waals surface area contributed by atoms with Gasteiger partial charge < -0.3 is 0 Å². The molecule has 1 amide bonds. The average molecular weight is 341 g/mol. The number of carbonyl (C=O) groups excluding carboxylic acids is 1. The number of nitrogens with one attached hydrogen (secondary N) is 1. The molecular formula is C10H20AsNO5S. The maximum atomic E-state index is 11.1. The van der Waals surface area contributed by atoms with Gasteiger partial charge in [0.25, 0.3) is 0 Å². The van der Waals surface area contributed by atoms with Crippen LogP contribution in [0.2, 0.25) is 11.4 Å². The van der Waals surface area contributed by atoms with Gasteiger partial charge in [-0.3, -0.25) is 0 Å². The summed E-state index contributed by atoms with van der Waals surface area (Å²) in [6.45, 7) is 0.995. The van der Waals surface area contributed by atoms with E-state index in [4.69, 9.17) is 9.84 Å². The normalized spacial score (nSPS) is 36.7. The Balaban J connectivity index is 2.83. The van der Waals surface area contributed by atoms with Gasteiger partial charge in [-0.25, -0.2) is 0 Å². The summed E-state index contributed by atoms with van der Waals surface area (Å²) in [4.78, 5) is 11.1. The van der Waals surface area contributed by atoms with Crippen LogP contribution in [0, 0.1) is 0 Å². The molecule has 5 atom stereocenters. The van der Waals surface area contributed by atoms with E-state index in [0.717, 1.165) is 0 Å². The molecule has 0 aromatic carbocycles. The van der Waals surface area contributed by atoms with Gasteiger partial charge in [-0.2, -0.15) is 0 Å². The molecule has 0 aromatic rings. The van der Waals surface area contributed by atoms with E-state index in [0.29, 0.717) is 0 Å². The molecule has 1 rings (SSSR count). The molecule has 1 heterocycles. The summed E-state index contributed by atoms with van der Waals surface area (Å²) < 4.78 is 5.57. The van der Waals surface area contributed by atoms with Crippen molar-refractivity contribution in [2.75, 3.05) is 6.61 Å². The molecule has 0 saturated carbocycles. The van der Waals surface area contributed by atoms with Crippen molar-refractivity contribution < 1.29 is 24.9 Å². The van der Waals surface area contributed by atoms with Crippen LogP contribution in [0.4, 0.5) is 0 Å². The summed E-state index contributed by atoms with van der Waals surface area (Å²) in [5.74, 6) is -0.283. The summed E-state index contributed by atoms with van der Waals surface area (Å²) in [7, 11) is 1.58. The predicted octanol–water partition coefficient (Wildman–Crippen LogP) is -1.09. The zero-order valence-corrected chi connectivity index (χ0v) is 13.3. The fraction of sp³-hybridized carbons (Fsp3) is 0.900. The summed E-state index contributed by atoms with van der Waals surface area (Å²) in [6.07, 6.45) is -3.14. The van der Waals surface area contributed by atoms with Gasteiger partial charge in [0.2, 0.25) is 0 Å². The Hall–Kier alpha value is 0.218. The van der Waals surface area contributed by atoms with Gasteiger partial charge in [0.05, 0.1) is 0 Å². The Morgan fingerprint density at radius 1 is 1.39 bits per heavy atom. The van der Waals surface area contributed by atoms with Crippen LogP contribution in [0.5, 0.6) is 0 Å². The Morgan fingerprint density at radius 3 is 2.44 bits per heavy atom. The summed E-state index contributed by atoms with van der Waals surface area (Å²) in [5.41, 5.74) is 3.79. The molecule has 1 fully saturated rings. The van der Waals surface area contributed by atoms with Crippen molar-refractivity contribution in [3.8, 4) is 0 Å². The number of amides is 1. The van der Waals surface area contributed by atoms with Crippen molar-refractivity contribution in [3.63, 3.8) is 0 Å². The van der Waals surface area contributed by atoms with Gasteiger partial charge in [0, 0.05) is 0 Å². The van der Waals surface area contributed by atoms with E-state index in [9.17, 15) is 15.0 Å². The molecular weight excluding hydrogens is 321 g/mol. The van der Waals surface area contributed by atoms with Crippen LogP contribution in [0.15, 0.2) is 0 Å². The predicted molar refractivity (Wildman–Crippen MR) is 70.4 cm³/mol. The van der Waals surface area contributed by atoms with Crippen molar-refractivity contribution >= 4 is 29.4 Å². The van der Waals surface area contributed by atoms with E-state index < -0.39 is 43.3 Å². The van der Waals surface area contributed by atoms with Crippen molar-refractivity contribution in [2.45, 2.75) is 48.1 Å². The molecule has 0 aromatic heterocycles. The third kappa shape index (κ3) is 4.11. The van der Waals surface area contributed by atoms with Crippen LogP contribution in [0.1, 0.15) is 6.92 Å². The van der Waals surface area contributed by atoms with Crippen LogP contribution in [0.3, 0.4) is 0 Å². The quantitative estimate of drug-likeness (QED) is 0.485. The Bertz CT molecular complexity index is 293. The van der Waals surface area contributed by atoms with E-state index in [1.165, 1.54) is 6.92 Å². The molecule has 0 spiro atoms. The minimum absolute atomic E-state index is 0.283. The maximum absolute atomic E-state index is 11.1. The first kappa shape index (κ1) is 16.3. The number of ether oxygens (including phenoxy) is 1. The van der Waals surface area contributed by atoms with Gasteiger partial charge >= 0.3 is 114 Å². The topological polar surface area (TPSA) is 99.0 Å². The van der Waals surface area contributed by atoms with Gasteiger partial charge in [0.1, 0.15) is 0 Å². The van der Waals surface area contributed by atoms with E-state index in [-0.39, 0.29) is 12.5 Å². The molecule has 0 bridgehead atoms. The molecule has 0 radical (unpaired) electrons. The second-order valence-corrected chi connectivity index (χ2v) is 13.6. The first-order valence-corrected chi connectivity index (χ1v) is 12.5. The van der Waals surface area contributed by atoms with E-state index in [1.807, 2.05) is 0 Å². The molecule has 8 heteroatoms. The molecule has 0 aliphatic carbocycles. The first-order chi connectivity index (χ1) is 8.36. The third-order valence-corrected chi connectivity index (χ3v) is 7.56. The van der Waals surface area contributed by atoms with Crippen LogP contribution < -0.4 is 5.32 Å². The fourth-order valence-electron chi connectivity index (χ4n) is 1.77. The average Bonchev–Trinajstić information content (AvgIpc) is 2.27. The van der Waals surface area contributed by atoms with Gasteiger partial charge in [0.15, 0.2) is 0 Å². The fourth-order valence-corrected chi connectivity index (χ4v) is 6.49. The number of hydrogen-bond donors (Lipinski definition) is 4. The Kier molecular flexibility index (Phi) is 6.44. The third-order valence-electron chi connectivity index (χ3n) is 2.57. The van der Waals surface area contributed by atoms with Gasteiger partial charge in [-0.15, -0.1) is 0 Å². The Morgan fingerprint density at radius 2 is 2.00 bits per heavy atom.